The lowest BCUT2D eigenvalue weighted by molar-refractivity contribution is -0.0588. The average molecular weight is 383 g/mol. The van der Waals surface area contributed by atoms with Crippen LogP contribution in [0.5, 0.6) is 11.5 Å². The summed E-state index contributed by atoms with van der Waals surface area (Å²) in [4.78, 5) is 2.29. The zero-order valence-electron chi connectivity index (χ0n) is 16.6. The zero-order valence-corrected chi connectivity index (χ0v) is 16.6. The van der Waals surface area contributed by atoms with E-state index in [2.05, 4.69) is 4.90 Å². The zero-order chi connectivity index (χ0) is 19.7. The fourth-order valence-electron chi connectivity index (χ4n) is 4.33. The minimum atomic E-state index is -0.538. The molecule has 150 valence electrons. The van der Waals surface area contributed by atoms with Crippen LogP contribution < -0.4 is 9.47 Å². The molecule has 0 bridgehead atoms. The fraction of sp³-hybridized carbons (Fsp3) is 0.478. The van der Waals surface area contributed by atoms with Crippen molar-refractivity contribution in [3.05, 3.63) is 59.2 Å². The summed E-state index contributed by atoms with van der Waals surface area (Å²) in [5.74, 6) is 1.49. The van der Waals surface area contributed by atoms with E-state index >= 15 is 0 Å². The SMILES string of the molecule is COc1ccc2c(c1)[C@H](O)CC1(CCN(C[C@@H](O)c3ccc(C)cc3)CC1)O2. The van der Waals surface area contributed by atoms with E-state index in [0.717, 1.165) is 48.6 Å². The molecule has 1 saturated heterocycles. The molecule has 28 heavy (non-hydrogen) atoms. The van der Waals surface area contributed by atoms with Crippen molar-refractivity contribution in [3.63, 3.8) is 0 Å². The molecule has 5 nitrogen and oxygen atoms in total. The number of piperidine rings is 1. The number of aliphatic hydroxyl groups excluding tert-OH is 2. The van der Waals surface area contributed by atoms with Gasteiger partial charge >= 0.3 is 0 Å². The Morgan fingerprint density at radius 2 is 1.89 bits per heavy atom. The molecule has 2 heterocycles. The molecule has 4 rings (SSSR count). The molecule has 0 aromatic heterocycles. The van der Waals surface area contributed by atoms with Gasteiger partial charge in [-0.05, 0) is 43.5 Å². The molecular weight excluding hydrogens is 354 g/mol. The summed E-state index contributed by atoms with van der Waals surface area (Å²) in [6.07, 6.45) is 1.26. The quantitative estimate of drug-likeness (QED) is 0.847. The van der Waals surface area contributed by atoms with E-state index in [4.69, 9.17) is 9.47 Å². The number of aliphatic hydroxyl groups is 2. The van der Waals surface area contributed by atoms with E-state index in [1.54, 1.807) is 7.11 Å². The number of ether oxygens (including phenoxy) is 2. The highest BCUT2D eigenvalue weighted by molar-refractivity contribution is 5.43. The number of methoxy groups -OCH3 is 1. The highest BCUT2D eigenvalue weighted by Crippen LogP contribution is 2.45. The summed E-state index contributed by atoms with van der Waals surface area (Å²) in [5.41, 5.74) is 2.63. The van der Waals surface area contributed by atoms with Gasteiger partial charge in [0, 0.05) is 31.6 Å². The number of nitrogens with zero attached hydrogens (tertiary/aromatic N) is 1. The summed E-state index contributed by atoms with van der Waals surface area (Å²) in [5, 5.41) is 21.3. The topological polar surface area (TPSA) is 62.2 Å². The maximum absolute atomic E-state index is 10.7. The van der Waals surface area contributed by atoms with Crippen LogP contribution in [0.25, 0.3) is 0 Å². The number of likely N-dealkylation sites (tertiary alicyclic amines) is 1. The number of aryl methyl sites for hydroxylation is 1. The van der Waals surface area contributed by atoms with Gasteiger partial charge in [0.05, 0.1) is 19.3 Å². The Morgan fingerprint density at radius 1 is 1.18 bits per heavy atom. The van der Waals surface area contributed by atoms with Gasteiger partial charge < -0.3 is 24.6 Å². The molecular formula is C23H29NO4. The monoisotopic (exact) mass is 383 g/mol. The van der Waals surface area contributed by atoms with E-state index in [1.165, 1.54) is 5.56 Å². The Morgan fingerprint density at radius 3 is 2.57 bits per heavy atom. The van der Waals surface area contributed by atoms with Crippen LogP contribution in [0, 0.1) is 6.92 Å². The minimum Gasteiger partial charge on any atom is -0.497 e. The average Bonchev–Trinajstić information content (AvgIpc) is 2.70. The Bertz CT molecular complexity index is 812. The number of β-amino-alcohol motifs (C(OH)–C–C–N with tert-alkyl or cyclic N) is 1. The van der Waals surface area contributed by atoms with Crippen LogP contribution in [-0.4, -0.2) is 47.5 Å². The van der Waals surface area contributed by atoms with Gasteiger partial charge in [0.15, 0.2) is 0 Å². The Kier molecular flexibility index (Phi) is 5.32. The highest BCUT2D eigenvalue weighted by Gasteiger charge is 2.43. The molecule has 2 aliphatic heterocycles. The van der Waals surface area contributed by atoms with Crippen molar-refractivity contribution < 1.29 is 19.7 Å². The van der Waals surface area contributed by atoms with Crippen molar-refractivity contribution in [2.45, 2.75) is 44.0 Å². The van der Waals surface area contributed by atoms with Crippen LogP contribution in [0.15, 0.2) is 42.5 Å². The van der Waals surface area contributed by atoms with Gasteiger partial charge in [0.2, 0.25) is 0 Å². The standard InChI is InChI=1S/C23H29NO4/c1-16-3-5-17(6-4-16)21(26)15-24-11-9-23(10-12-24)14-20(25)19-13-18(27-2)7-8-22(19)28-23/h3-8,13,20-21,25-26H,9-12,14-15H2,1-2H3/t20-,21-/m1/s1. The molecule has 0 saturated carbocycles. The van der Waals surface area contributed by atoms with Gasteiger partial charge in [-0.1, -0.05) is 29.8 Å². The third kappa shape index (κ3) is 3.88. The normalized spacial score (nSPS) is 22.4. The molecule has 2 aromatic rings. The molecule has 2 aliphatic rings. The molecule has 0 aliphatic carbocycles. The van der Waals surface area contributed by atoms with Gasteiger partial charge in [-0.3, -0.25) is 0 Å². The molecule has 2 atom stereocenters. The van der Waals surface area contributed by atoms with Crippen LogP contribution in [0.4, 0.5) is 0 Å². The maximum atomic E-state index is 10.7. The summed E-state index contributed by atoms with van der Waals surface area (Å²) in [7, 11) is 1.63. The van der Waals surface area contributed by atoms with Crippen LogP contribution in [-0.2, 0) is 0 Å². The van der Waals surface area contributed by atoms with Crippen molar-refractivity contribution in [1.82, 2.24) is 4.90 Å². The van der Waals surface area contributed by atoms with Gasteiger partial charge in [0.25, 0.3) is 0 Å². The third-order valence-corrected chi connectivity index (χ3v) is 6.13. The van der Waals surface area contributed by atoms with Crippen molar-refractivity contribution in [1.29, 1.82) is 0 Å². The molecule has 0 unspecified atom stereocenters. The second kappa shape index (κ2) is 7.74. The van der Waals surface area contributed by atoms with Crippen molar-refractivity contribution >= 4 is 0 Å². The first-order chi connectivity index (χ1) is 13.5. The first-order valence-corrected chi connectivity index (χ1v) is 10.00. The fourth-order valence-corrected chi connectivity index (χ4v) is 4.33. The largest absolute Gasteiger partial charge is 0.497 e. The summed E-state index contributed by atoms with van der Waals surface area (Å²) < 4.78 is 11.6. The van der Waals surface area contributed by atoms with E-state index < -0.39 is 12.2 Å². The lowest BCUT2D eigenvalue weighted by atomic mass is 9.81. The van der Waals surface area contributed by atoms with Gasteiger partial charge in [-0.15, -0.1) is 0 Å². The van der Waals surface area contributed by atoms with E-state index in [-0.39, 0.29) is 5.60 Å². The predicted octanol–water partition coefficient (Wildman–Crippen LogP) is 3.39. The summed E-state index contributed by atoms with van der Waals surface area (Å²) in [6.45, 7) is 4.37. The minimum absolute atomic E-state index is 0.327. The third-order valence-electron chi connectivity index (χ3n) is 6.13. The number of fused-ring (bicyclic) bond motifs is 1. The van der Waals surface area contributed by atoms with Crippen molar-refractivity contribution in [2.24, 2.45) is 0 Å². The Labute approximate surface area is 166 Å². The smallest absolute Gasteiger partial charge is 0.126 e. The predicted molar refractivity (Wildman–Crippen MR) is 108 cm³/mol. The molecule has 2 aromatic carbocycles. The molecule has 5 heteroatoms. The molecule has 1 fully saturated rings. The number of rotatable bonds is 4. The van der Waals surface area contributed by atoms with Crippen LogP contribution in [0.1, 0.15) is 48.2 Å². The number of hydrogen-bond acceptors (Lipinski definition) is 5. The maximum Gasteiger partial charge on any atom is 0.126 e. The first-order valence-electron chi connectivity index (χ1n) is 10.00. The van der Waals surface area contributed by atoms with Crippen LogP contribution in [0.3, 0.4) is 0 Å². The van der Waals surface area contributed by atoms with E-state index in [1.807, 2.05) is 49.4 Å². The second-order valence-electron chi connectivity index (χ2n) is 8.14. The lowest BCUT2D eigenvalue weighted by Crippen LogP contribution is -2.51. The van der Waals surface area contributed by atoms with E-state index in [0.29, 0.717) is 13.0 Å². The highest BCUT2D eigenvalue weighted by atomic mass is 16.5. The van der Waals surface area contributed by atoms with Crippen LogP contribution in [0.2, 0.25) is 0 Å². The summed E-state index contributed by atoms with van der Waals surface area (Å²) >= 11 is 0. The molecule has 1 spiro atoms. The van der Waals surface area contributed by atoms with Gasteiger partial charge in [-0.2, -0.15) is 0 Å². The Balaban J connectivity index is 1.39. The van der Waals surface area contributed by atoms with Gasteiger partial charge in [0.1, 0.15) is 17.1 Å². The van der Waals surface area contributed by atoms with Crippen molar-refractivity contribution in [2.75, 3.05) is 26.7 Å². The first kappa shape index (κ1) is 19.2. The molecule has 0 radical (unpaired) electrons. The Hall–Kier alpha value is -2.08. The summed E-state index contributed by atoms with van der Waals surface area (Å²) in [6, 6.07) is 13.7. The number of benzene rings is 2. The molecule has 0 amide bonds. The lowest BCUT2D eigenvalue weighted by Gasteiger charge is -2.46. The van der Waals surface area contributed by atoms with Crippen LogP contribution >= 0.6 is 0 Å². The van der Waals surface area contributed by atoms with E-state index in [9.17, 15) is 10.2 Å². The molecule has 2 N–H and O–H groups in total. The van der Waals surface area contributed by atoms with Gasteiger partial charge in [-0.25, -0.2) is 0 Å². The second-order valence-corrected chi connectivity index (χ2v) is 8.14. The number of hydrogen-bond donors (Lipinski definition) is 2. The van der Waals surface area contributed by atoms with Crippen molar-refractivity contribution in [3.8, 4) is 11.5 Å².